The summed E-state index contributed by atoms with van der Waals surface area (Å²) in [6.45, 7) is 3.94. The molecule has 8 nitrogen and oxygen atoms in total. The van der Waals surface area contributed by atoms with Crippen LogP contribution in [0.3, 0.4) is 0 Å². The monoisotopic (exact) mass is 654 g/mol. The smallest absolute Gasteiger partial charge is 0.271 e. The quantitative estimate of drug-likeness (QED) is 0.197. The molecule has 2 aromatic heterocycles. The Hall–Kier alpha value is -2.74. The van der Waals surface area contributed by atoms with Crippen molar-refractivity contribution < 1.29 is 26.3 Å². The fraction of sp³-hybridized carbons (Fsp3) is 0.154. The number of aryl methyl sites for hydroxylation is 2. The lowest BCUT2D eigenvalue weighted by Gasteiger charge is -2.22. The zero-order valence-electron chi connectivity index (χ0n) is 20.9. The summed E-state index contributed by atoms with van der Waals surface area (Å²) in [4.78, 5) is 0. The summed E-state index contributed by atoms with van der Waals surface area (Å²) in [6, 6.07) is 13.2. The number of hydrogen-bond donors (Lipinski definition) is 2. The maximum atomic E-state index is 13.6. The van der Waals surface area contributed by atoms with E-state index in [0.717, 1.165) is 42.8 Å². The summed E-state index contributed by atoms with van der Waals surface area (Å²) in [7, 11) is -8.28. The lowest BCUT2D eigenvalue weighted by molar-refractivity contribution is 0.172. The van der Waals surface area contributed by atoms with Crippen molar-refractivity contribution in [3.63, 3.8) is 0 Å². The number of ether oxygens (including phenoxy) is 2. The zero-order chi connectivity index (χ0) is 28.4. The Morgan fingerprint density at radius 1 is 0.675 bits per heavy atom. The van der Waals surface area contributed by atoms with Crippen LogP contribution in [-0.4, -0.2) is 30.0 Å². The van der Waals surface area contributed by atoms with Crippen LogP contribution in [0, 0.1) is 13.8 Å². The Balaban J connectivity index is 1.43. The lowest BCUT2D eigenvalue weighted by Crippen LogP contribution is -2.20. The summed E-state index contributed by atoms with van der Waals surface area (Å²) in [5.74, 6) is 0.582. The Labute approximate surface area is 248 Å². The molecule has 0 unspecified atom stereocenters. The van der Waals surface area contributed by atoms with Crippen LogP contribution in [-0.2, 0) is 20.0 Å². The van der Waals surface area contributed by atoms with Gasteiger partial charge in [0.1, 0.15) is 21.6 Å². The minimum atomic E-state index is -4.14. The van der Waals surface area contributed by atoms with E-state index in [4.69, 9.17) is 32.7 Å². The molecule has 3 heterocycles. The van der Waals surface area contributed by atoms with Crippen LogP contribution in [0.1, 0.15) is 11.1 Å². The Morgan fingerprint density at radius 2 is 1.07 bits per heavy atom. The predicted molar refractivity (Wildman–Crippen MR) is 162 cm³/mol. The first kappa shape index (κ1) is 27.4. The summed E-state index contributed by atoms with van der Waals surface area (Å²) < 4.78 is 72.7. The largest absolute Gasteiger partial charge is 0.486 e. The first-order chi connectivity index (χ1) is 18.9. The zero-order valence-corrected chi connectivity index (χ0v) is 25.6. The van der Waals surface area contributed by atoms with E-state index >= 15 is 0 Å². The highest BCUT2D eigenvalue weighted by Crippen LogP contribution is 2.43. The van der Waals surface area contributed by atoms with Gasteiger partial charge in [0.05, 0.1) is 11.4 Å². The Morgan fingerprint density at radius 3 is 1.48 bits per heavy atom. The number of rotatable bonds is 6. The van der Waals surface area contributed by atoms with E-state index in [1.807, 2.05) is 0 Å². The van der Waals surface area contributed by atoms with Gasteiger partial charge >= 0.3 is 0 Å². The van der Waals surface area contributed by atoms with Gasteiger partial charge < -0.3 is 9.47 Å². The standard InChI is InChI=1S/C26H20Cl2N2O6S4/c1-13-17-9-15(27)3-5-23(17)37-25(13)39(31,32)29-19-11-21-22(36-8-7-35-21)12-20(19)30-40(33,34)26-14(2)18-10-16(28)4-6-24(18)38-26/h3-6,9-12,29-30H,7-8H2,1-2H3. The molecule has 0 amide bonds. The molecule has 40 heavy (non-hydrogen) atoms. The predicted octanol–water partition coefficient (Wildman–Crippen LogP) is 7.41. The van der Waals surface area contributed by atoms with E-state index in [-0.39, 0.29) is 33.0 Å². The number of halogens is 2. The van der Waals surface area contributed by atoms with E-state index in [1.54, 1.807) is 50.2 Å². The van der Waals surface area contributed by atoms with E-state index in [1.165, 1.54) is 12.1 Å². The van der Waals surface area contributed by atoms with Crippen LogP contribution in [0.2, 0.25) is 10.0 Å². The van der Waals surface area contributed by atoms with Gasteiger partial charge in [-0.2, -0.15) is 0 Å². The average molecular weight is 656 g/mol. The van der Waals surface area contributed by atoms with Crippen molar-refractivity contribution in [3.05, 3.63) is 69.7 Å². The van der Waals surface area contributed by atoms with E-state index in [2.05, 4.69) is 9.44 Å². The fourth-order valence-corrected chi connectivity index (χ4v) is 10.5. The van der Waals surface area contributed by atoms with Gasteiger partial charge in [-0.1, -0.05) is 23.2 Å². The molecule has 0 spiro atoms. The van der Waals surface area contributed by atoms with Crippen molar-refractivity contribution in [3.8, 4) is 11.5 Å². The average Bonchev–Trinajstić information content (AvgIpc) is 3.41. The van der Waals surface area contributed by atoms with Gasteiger partial charge in [-0.15, -0.1) is 22.7 Å². The van der Waals surface area contributed by atoms with Crippen molar-refractivity contribution in [2.45, 2.75) is 22.3 Å². The van der Waals surface area contributed by atoms with Crippen molar-refractivity contribution >= 4 is 97.5 Å². The molecule has 14 heteroatoms. The maximum absolute atomic E-state index is 13.6. The molecule has 2 N–H and O–H groups in total. The van der Waals surface area contributed by atoms with Gasteiger partial charge in [0.25, 0.3) is 20.0 Å². The summed E-state index contributed by atoms with van der Waals surface area (Å²) in [5.41, 5.74) is 1.05. The van der Waals surface area contributed by atoms with Gasteiger partial charge in [-0.3, -0.25) is 9.44 Å². The van der Waals surface area contributed by atoms with Crippen LogP contribution in [0.25, 0.3) is 20.2 Å². The number of thiophene rings is 2. The SMILES string of the molecule is Cc1c(S(=O)(=O)Nc2cc3c(cc2NS(=O)(=O)c2sc4ccc(Cl)cc4c2C)OCCO3)sc2ccc(Cl)cc12. The third-order valence-corrected chi connectivity index (χ3v) is 13.4. The highest BCUT2D eigenvalue weighted by atomic mass is 35.5. The van der Waals surface area contributed by atoms with Gasteiger partial charge in [-0.05, 0) is 72.1 Å². The maximum Gasteiger partial charge on any atom is 0.271 e. The van der Waals surface area contributed by atoms with Gasteiger partial charge in [0, 0.05) is 31.6 Å². The molecule has 0 aliphatic carbocycles. The normalized spacial score (nSPS) is 13.6. The molecule has 1 aliphatic heterocycles. The lowest BCUT2D eigenvalue weighted by atomic mass is 10.2. The second kappa shape index (κ2) is 9.97. The van der Waals surface area contributed by atoms with Crippen LogP contribution in [0.5, 0.6) is 11.5 Å². The molecule has 6 rings (SSSR count). The van der Waals surface area contributed by atoms with Gasteiger partial charge in [0.15, 0.2) is 11.5 Å². The molecule has 0 atom stereocenters. The fourth-order valence-electron chi connectivity index (χ4n) is 4.49. The summed E-state index contributed by atoms with van der Waals surface area (Å²) >= 11 is 14.5. The summed E-state index contributed by atoms with van der Waals surface area (Å²) in [6.07, 6.45) is 0. The van der Waals surface area contributed by atoms with Crippen molar-refractivity contribution in [1.82, 2.24) is 0 Å². The number of hydrogen-bond acceptors (Lipinski definition) is 8. The first-order valence-electron chi connectivity index (χ1n) is 11.8. The van der Waals surface area contributed by atoms with Gasteiger partial charge in [0.2, 0.25) is 0 Å². The second-order valence-corrected chi connectivity index (χ2v) is 15.8. The number of anilines is 2. The molecule has 0 fully saturated rings. The minimum Gasteiger partial charge on any atom is -0.486 e. The third-order valence-electron chi connectivity index (χ3n) is 6.37. The molecule has 0 bridgehead atoms. The van der Waals surface area contributed by atoms with E-state index in [0.29, 0.717) is 32.7 Å². The highest BCUT2D eigenvalue weighted by molar-refractivity contribution is 7.95. The molecule has 0 radical (unpaired) electrons. The summed E-state index contributed by atoms with van der Waals surface area (Å²) in [5, 5.41) is 2.43. The second-order valence-electron chi connectivity index (χ2n) is 9.06. The molecule has 3 aromatic carbocycles. The van der Waals surface area contributed by atoms with Crippen LogP contribution in [0.4, 0.5) is 11.4 Å². The number of fused-ring (bicyclic) bond motifs is 3. The molecular formula is C26H20Cl2N2O6S4. The van der Waals surface area contributed by atoms with E-state index in [9.17, 15) is 16.8 Å². The van der Waals surface area contributed by atoms with Crippen molar-refractivity contribution in [1.29, 1.82) is 0 Å². The van der Waals surface area contributed by atoms with Crippen molar-refractivity contribution in [2.24, 2.45) is 0 Å². The Bertz CT molecular complexity index is 1910. The third kappa shape index (κ3) is 4.86. The highest BCUT2D eigenvalue weighted by Gasteiger charge is 2.28. The number of sulfonamides is 2. The van der Waals surface area contributed by atoms with Crippen LogP contribution < -0.4 is 18.9 Å². The molecule has 1 aliphatic rings. The molecule has 208 valence electrons. The van der Waals surface area contributed by atoms with Crippen LogP contribution in [0.15, 0.2) is 56.9 Å². The number of nitrogens with one attached hydrogen (secondary N) is 2. The topological polar surface area (TPSA) is 111 Å². The van der Waals surface area contributed by atoms with Gasteiger partial charge in [-0.25, -0.2) is 16.8 Å². The molecule has 0 saturated carbocycles. The molecule has 0 saturated heterocycles. The molecular weight excluding hydrogens is 635 g/mol. The molecule has 5 aromatic rings. The first-order valence-corrected chi connectivity index (χ1v) is 17.1. The minimum absolute atomic E-state index is 0.00970. The van der Waals surface area contributed by atoms with Crippen molar-refractivity contribution in [2.75, 3.05) is 22.7 Å². The number of benzene rings is 3. The van der Waals surface area contributed by atoms with E-state index < -0.39 is 20.0 Å². The van der Waals surface area contributed by atoms with Crippen LogP contribution >= 0.6 is 45.9 Å². The Kier molecular flexibility index (Phi) is 6.83.